The first-order valence-electron chi connectivity index (χ1n) is 10.0. The number of Topliss-reactive ketones (excluding diaryl/α,β-unsaturated/α-hetero) is 1. The predicted molar refractivity (Wildman–Crippen MR) is 133 cm³/mol. The van der Waals surface area contributed by atoms with Gasteiger partial charge in [-0.25, -0.2) is 0 Å². The summed E-state index contributed by atoms with van der Waals surface area (Å²) in [4.78, 5) is 15.0. The molecule has 31 heavy (non-hydrogen) atoms. The lowest BCUT2D eigenvalue weighted by Crippen LogP contribution is -2.01. The van der Waals surface area contributed by atoms with E-state index in [1.165, 1.54) is 22.9 Å². The average Bonchev–Trinajstić information content (AvgIpc) is 2.81. The maximum atomic E-state index is 13.3. The van der Waals surface area contributed by atoms with Crippen molar-refractivity contribution < 1.29 is 4.79 Å². The van der Waals surface area contributed by atoms with Crippen LogP contribution in [-0.4, -0.2) is 5.78 Å². The lowest BCUT2D eigenvalue weighted by Gasteiger charge is -2.09. The minimum atomic E-state index is -0.0191. The number of hydrogen-bond donors (Lipinski definition) is 0. The molecule has 0 aromatic heterocycles. The van der Waals surface area contributed by atoms with Crippen molar-refractivity contribution in [2.45, 2.75) is 11.8 Å². The second-order valence-electron chi connectivity index (χ2n) is 7.25. The van der Waals surface area contributed by atoms with Crippen LogP contribution < -0.4 is 0 Å². The second kappa shape index (κ2) is 9.82. The first kappa shape index (κ1) is 21.2. The van der Waals surface area contributed by atoms with Gasteiger partial charge < -0.3 is 0 Å². The molecule has 1 nitrogen and oxygen atoms in total. The summed E-state index contributed by atoms with van der Waals surface area (Å²) >= 11 is 7.48. The monoisotopic (exact) mass is 440 g/mol. The molecule has 0 aliphatic rings. The van der Waals surface area contributed by atoms with Gasteiger partial charge in [-0.2, -0.15) is 0 Å². The molecular weight excluding hydrogens is 420 g/mol. The summed E-state index contributed by atoms with van der Waals surface area (Å²) < 4.78 is 0. The second-order valence-corrected chi connectivity index (χ2v) is 8.80. The van der Waals surface area contributed by atoms with Crippen molar-refractivity contribution in [2.75, 3.05) is 0 Å². The zero-order valence-corrected chi connectivity index (χ0v) is 18.7. The molecule has 0 aliphatic carbocycles. The fraction of sp³-hybridized carbons (Fsp3) is 0.0357. The van der Waals surface area contributed by atoms with E-state index in [1.807, 2.05) is 48.5 Å². The van der Waals surface area contributed by atoms with Gasteiger partial charge in [-0.1, -0.05) is 95.7 Å². The van der Waals surface area contributed by atoms with Crippen LogP contribution in [0.4, 0.5) is 0 Å². The molecule has 0 saturated heterocycles. The molecule has 4 rings (SSSR count). The van der Waals surface area contributed by atoms with Gasteiger partial charge in [0.05, 0.1) is 4.91 Å². The van der Waals surface area contributed by atoms with Crippen LogP contribution in [0.15, 0.2) is 113 Å². The smallest absolute Gasteiger partial charge is 0.199 e. The van der Waals surface area contributed by atoms with E-state index in [0.717, 1.165) is 16.0 Å². The van der Waals surface area contributed by atoms with E-state index in [1.54, 1.807) is 24.3 Å². The third-order valence-electron chi connectivity index (χ3n) is 4.89. The summed E-state index contributed by atoms with van der Waals surface area (Å²) in [5, 5.41) is 0.616. The fourth-order valence-corrected chi connectivity index (χ4v) is 4.23. The summed E-state index contributed by atoms with van der Waals surface area (Å²) in [6, 6.07) is 33.8. The molecule has 0 spiro atoms. The normalized spacial score (nSPS) is 11.4. The van der Waals surface area contributed by atoms with Crippen LogP contribution in [0.1, 0.15) is 21.5 Å². The highest BCUT2D eigenvalue weighted by Crippen LogP contribution is 2.32. The molecule has 0 saturated carbocycles. The number of allylic oxidation sites excluding steroid dienone is 1. The standard InChI is InChI=1S/C28H21ClOS/c1-20-7-17-26(18-8-20)31-27(28(30)24-13-15-25(29)16-14-24)19-21-9-11-23(12-10-21)22-5-3-2-4-6-22/h2-19H,1H3/b27-19+. The molecule has 4 aromatic rings. The summed E-state index contributed by atoms with van der Waals surface area (Å²) in [7, 11) is 0. The zero-order chi connectivity index (χ0) is 21.6. The summed E-state index contributed by atoms with van der Waals surface area (Å²) in [6.07, 6.45) is 1.95. The van der Waals surface area contributed by atoms with Crippen LogP contribution in [0.5, 0.6) is 0 Å². The van der Waals surface area contributed by atoms with Gasteiger partial charge in [-0.3, -0.25) is 4.79 Å². The van der Waals surface area contributed by atoms with Gasteiger partial charge >= 0.3 is 0 Å². The number of carbonyl (C=O) groups is 1. The molecule has 0 unspecified atom stereocenters. The number of thioether (sulfide) groups is 1. The molecule has 0 amide bonds. The highest BCUT2D eigenvalue weighted by molar-refractivity contribution is 8.04. The molecule has 0 N–H and O–H groups in total. The van der Waals surface area contributed by atoms with Crippen molar-refractivity contribution in [1.29, 1.82) is 0 Å². The van der Waals surface area contributed by atoms with E-state index in [9.17, 15) is 4.79 Å². The van der Waals surface area contributed by atoms with E-state index < -0.39 is 0 Å². The van der Waals surface area contributed by atoms with Gasteiger partial charge in [-0.05, 0) is 66.1 Å². The Balaban J connectivity index is 1.67. The van der Waals surface area contributed by atoms with Crippen molar-refractivity contribution in [3.63, 3.8) is 0 Å². The predicted octanol–water partition coefficient (Wildman–Crippen LogP) is 8.33. The molecule has 0 bridgehead atoms. The minimum Gasteiger partial charge on any atom is -0.288 e. The van der Waals surface area contributed by atoms with Crippen LogP contribution in [0.25, 0.3) is 17.2 Å². The Morgan fingerprint density at radius 3 is 2.00 bits per heavy atom. The molecule has 0 atom stereocenters. The van der Waals surface area contributed by atoms with Crippen LogP contribution in [-0.2, 0) is 0 Å². The lowest BCUT2D eigenvalue weighted by atomic mass is 10.0. The highest BCUT2D eigenvalue weighted by atomic mass is 35.5. The number of halogens is 1. The Kier molecular flexibility index (Phi) is 6.71. The van der Waals surface area contributed by atoms with Gasteiger partial charge in [0.15, 0.2) is 5.78 Å². The summed E-state index contributed by atoms with van der Waals surface area (Å²) in [5.41, 5.74) is 5.11. The zero-order valence-electron chi connectivity index (χ0n) is 17.1. The van der Waals surface area contributed by atoms with Gasteiger partial charge in [0, 0.05) is 15.5 Å². The molecule has 0 fully saturated rings. The van der Waals surface area contributed by atoms with E-state index in [0.29, 0.717) is 15.5 Å². The van der Waals surface area contributed by atoms with Crippen LogP contribution in [0, 0.1) is 6.92 Å². The third kappa shape index (κ3) is 5.55. The maximum absolute atomic E-state index is 13.3. The number of hydrogen-bond acceptors (Lipinski definition) is 2. The van der Waals surface area contributed by atoms with E-state index in [-0.39, 0.29) is 5.78 Å². The Morgan fingerprint density at radius 2 is 1.35 bits per heavy atom. The van der Waals surface area contributed by atoms with Gasteiger partial charge in [0.2, 0.25) is 0 Å². The van der Waals surface area contributed by atoms with Crippen molar-refractivity contribution in [3.8, 4) is 11.1 Å². The molecule has 0 aliphatic heterocycles. The topological polar surface area (TPSA) is 17.1 Å². The molecule has 4 aromatic carbocycles. The Labute approximate surface area is 192 Å². The number of carbonyl (C=O) groups excluding carboxylic acids is 1. The fourth-order valence-electron chi connectivity index (χ4n) is 3.17. The van der Waals surface area contributed by atoms with Crippen molar-refractivity contribution in [1.82, 2.24) is 0 Å². The van der Waals surface area contributed by atoms with Crippen LogP contribution in [0.2, 0.25) is 5.02 Å². The molecule has 0 radical (unpaired) electrons. The first-order valence-corrected chi connectivity index (χ1v) is 11.2. The quantitative estimate of drug-likeness (QED) is 0.170. The van der Waals surface area contributed by atoms with E-state index >= 15 is 0 Å². The Hall–Kier alpha value is -3.07. The summed E-state index contributed by atoms with van der Waals surface area (Å²) in [6.45, 7) is 2.05. The van der Waals surface area contributed by atoms with E-state index in [4.69, 9.17) is 11.6 Å². The number of benzene rings is 4. The van der Waals surface area contributed by atoms with E-state index in [2.05, 4.69) is 43.3 Å². The number of aryl methyl sites for hydroxylation is 1. The Bertz CT molecular complexity index is 1190. The molecule has 152 valence electrons. The van der Waals surface area contributed by atoms with Gasteiger partial charge in [0.1, 0.15) is 0 Å². The lowest BCUT2D eigenvalue weighted by molar-refractivity contribution is 0.104. The largest absolute Gasteiger partial charge is 0.288 e. The number of ketones is 1. The molecular formula is C28H21ClOS. The Morgan fingerprint density at radius 1 is 0.742 bits per heavy atom. The van der Waals surface area contributed by atoms with Gasteiger partial charge in [-0.15, -0.1) is 0 Å². The SMILES string of the molecule is Cc1ccc(S/C(=C/c2ccc(-c3ccccc3)cc2)C(=O)c2ccc(Cl)cc2)cc1. The van der Waals surface area contributed by atoms with Crippen molar-refractivity contribution in [2.24, 2.45) is 0 Å². The summed E-state index contributed by atoms with van der Waals surface area (Å²) in [5.74, 6) is -0.0191. The average molecular weight is 441 g/mol. The van der Waals surface area contributed by atoms with Crippen molar-refractivity contribution in [3.05, 3.63) is 130 Å². The van der Waals surface area contributed by atoms with Crippen LogP contribution >= 0.6 is 23.4 Å². The minimum absolute atomic E-state index is 0.0191. The third-order valence-corrected chi connectivity index (χ3v) is 6.18. The highest BCUT2D eigenvalue weighted by Gasteiger charge is 2.14. The molecule has 3 heteroatoms. The first-order chi connectivity index (χ1) is 15.1. The molecule has 0 heterocycles. The van der Waals surface area contributed by atoms with Crippen LogP contribution in [0.3, 0.4) is 0 Å². The number of rotatable bonds is 6. The van der Waals surface area contributed by atoms with Gasteiger partial charge in [0.25, 0.3) is 0 Å². The van der Waals surface area contributed by atoms with Crippen molar-refractivity contribution >= 4 is 35.2 Å². The maximum Gasteiger partial charge on any atom is 0.199 e.